The van der Waals surface area contributed by atoms with E-state index in [1.54, 1.807) is 13.1 Å². The first-order valence-corrected chi connectivity index (χ1v) is 9.45. The molecule has 1 aromatic carbocycles. The van der Waals surface area contributed by atoms with Crippen molar-refractivity contribution in [1.82, 2.24) is 18.7 Å². The third kappa shape index (κ3) is 3.29. The average molecular weight is 399 g/mol. The Bertz CT molecular complexity index is 1160. The minimum absolute atomic E-state index is 0.129. The molecule has 2 heterocycles. The van der Waals surface area contributed by atoms with Gasteiger partial charge in [0.05, 0.1) is 17.1 Å². The van der Waals surface area contributed by atoms with E-state index >= 15 is 0 Å². The summed E-state index contributed by atoms with van der Waals surface area (Å²) < 4.78 is 3.88. The number of rotatable bonds is 5. The Hall–Kier alpha value is -3.07. The Labute approximate surface area is 165 Å². The van der Waals surface area contributed by atoms with Gasteiger partial charge in [0.1, 0.15) is 11.4 Å². The first kappa shape index (κ1) is 19.7. The second-order valence-corrected chi connectivity index (χ2v) is 7.75. The molecule has 9 heteroatoms. The summed E-state index contributed by atoms with van der Waals surface area (Å²) in [6, 6.07) is 9.79. The highest BCUT2D eigenvalue weighted by Crippen LogP contribution is 2.28. The number of hydrogen-bond donors (Lipinski definition) is 1. The van der Waals surface area contributed by atoms with Crippen molar-refractivity contribution in [3.8, 4) is 11.3 Å². The van der Waals surface area contributed by atoms with Gasteiger partial charge in [-0.25, -0.2) is 9.78 Å². The van der Waals surface area contributed by atoms with Crippen LogP contribution in [0.2, 0.25) is 0 Å². The molecule has 0 aliphatic rings. The lowest BCUT2D eigenvalue weighted by atomic mass is 10.1. The number of carbonyl (C=O) groups is 1. The Morgan fingerprint density at radius 3 is 2.36 bits per heavy atom. The number of thioether (sulfide) groups is 1. The summed E-state index contributed by atoms with van der Waals surface area (Å²) in [6.07, 6.45) is 1.74. The Morgan fingerprint density at radius 1 is 1.07 bits per heavy atom. The minimum Gasteiger partial charge on any atom is -0.384 e. The molecule has 2 aromatic heterocycles. The van der Waals surface area contributed by atoms with Crippen LogP contribution in [-0.2, 0) is 21.1 Å². The molecule has 1 atom stereocenters. The zero-order valence-electron chi connectivity index (χ0n) is 16.0. The van der Waals surface area contributed by atoms with Crippen molar-refractivity contribution in [2.45, 2.75) is 17.3 Å². The lowest BCUT2D eigenvalue weighted by Crippen LogP contribution is -2.42. The summed E-state index contributed by atoms with van der Waals surface area (Å²) in [5.41, 5.74) is 6.38. The minimum atomic E-state index is -0.692. The first-order chi connectivity index (χ1) is 13.2. The molecule has 0 spiro atoms. The van der Waals surface area contributed by atoms with Crippen molar-refractivity contribution < 1.29 is 4.79 Å². The maximum Gasteiger partial charge on any atom is 0.332 e. The van der Waals surface area contributed by atoms with Crippen LogP contribution < -0.4 is 17.0 Å². The van der Waals surface area contributed by atoms with Gasteiger partial charge in [0.25, 0.3) is 5.56 Å². The quantitative estimate of drug-likeness (QED) is 0.514. The molecule has 0 saturated heterocycles. The number of anilines is 1. The number of nitrogen functional groups attached to an aromatic ring is 1. The summed E-state index contributed by atoms with van der Waals surface area (Å²) in [5.74, 6) is -0.571. The molecule has 0 saturated carbocycles. The second kappa shape index (κ2) is 7.51. The fourth-order valence-electron chi connectivity index (χ4n) is 2.89. The predicted molar refractivity (Wildman–Crippen MR) is 110 cm³/mol. The smallest absolute Gasteiger partial charge is 0.332 e. The van der Waals surface area contributed by atoms with Crippen LogP contribution in [0, 0.1) is 0 Å². The Kier molecular flexibility index (Phi) is 5.28. The highest BCUT2D eigenvalue weighted by atomic mass is 32.2. The van der Waals surface area contributed by atoms with E-state index in [0.29, 0.717) is 5.16 Å². The summed E-state index contributed by atoms with van der Waals surface area (Å²) in [6.45, 7) is 1.69. The van der Waals surface area contributed by atoms with Gasteiger partial charge in [-0.3, -0.25) is 18.7 Å². The van der Waals surface area contributed by atoms with E-state index in [2.05, 4.69) is 4.98 Å². The average Bonchev–Trinajstić information content (AvgIpc) is 3.05. The van der Waals surface area contributed by atoms with Crippen LogP contribution in [0.1, 0.15) is 17.3 Å². The van der Waals surface area contributed by atoms with Crippen LogP contribution in [0.5, 0.6) is 0 Å². The number of carbonyl (C=O) groups excluding carboxylic acids is 1. The predicted octanol–water partition coefficient (Wildman–Crippen LogP) is 1.43. The third-order valence-electron chi connectivity index (χ3n) is 4.62. The number of ketones is 1. The van der Waals surface area contributed by atoms with E-state index in [1.165, 1.54) is 25.9 Å². The zero-order valence-corrected chi connectivity index (χ0v) is 16.9. The van der Waals surface area contributed by atoms with Crippen molar-refractivity contribution in [3.05, 3.63) is 62.9 Å². The number of nitrogens with zero attached hydrogens (tertiary/aromatic N) is 4. The van der Waals surface area contributed by atoms with Crippen molar-refractivity contribution in [2.75, 3.05) is 5.73 Å². The van der Waals surface area contributed by atoms with Gasteiger partial charge in [-0.15, -0.1) is 0 Å². The number of hydrogen-bond acceptors (Lipinski definition) is 6. The topological polar surface area (TPSA) is 105 Å². The zero-order chi connectivity index (χ0) is 20.6. The molecule has 146 valence electrons. The number of benzene rings is 1. The SMILES string of the molecule is CC(Sc1ncc(-c2ccccc2)n1C)C(=O)c1c(N)n(C)c(=O)n(C)c1=O. The van der Waals surface area contributed by atoms with Gasteiger partial charge in [-0.2, -0.15) is 0 Å². The number of imidazole rings is 1. The molecule has 0 aliphatic carbocycles. The molecule has 0 fully saturated rings. The molecule has 2 N–H and O–H groups in total. The molecular weight excluding hydrogens is 378 g/mol. The second-order valence-electron chi connectivity index (χ2n) is 6.44. The van der Waals surface area contributed by atoms with E-state index in [9.17, 15) is 14.4 Å². The van der Waals surface area contributed by atoms with Gasteiger partial charge in [0, 0.05) is 21.1 Å². The number of nitrogens with two attached hydrogens (primary N) is 1. The van der Waals surface area contributed by atoms with Crippen molar-refractivity contribution >= 4 is 23.4 Å². The normalized spacial score (nSPS) is 12.1. The van der Waals surface area contributed by atoms with Crippen molar-refractivity contribution in [3.63, 3.8) is 0 Å². The first-order valence-electron chi connectivity index (χ1n) is 8.57. The number of aromatic nitrogens is 4. The van der Waals surface area contributed by atoms with Crippen LogP contribution in [0.4, 0.5) is 5.82 Å². The van der Waals surface area contributed by atoms with Gasteiger partial charge in [-0.05, 0) is 12.5 Å². The molecule has 0 aliphatic heterocycles. The van der Waals surface area contributed by atoms with Crippen molar-refractivity contribution in [1.29, 1.82) is 0 Å². The molecule has 28 heavy (non-hydrogen) atoms. The van der Waals surface area contributed by atoms with Crippen LogP contribution in [0.3, 0.4) is 0 Å². The van der Waals surface area contributed by atoms with E-state index in [-0.39, 0.29) is 11.4 Å². The van der Waals surface area contributed by atoms with Gasteiger partial charge in [0.15, 0.2) is 10.9 Å². The fourth-order valence-corrected chi connectivity index (χ4v) is 3.80. The van der Waals surface area contributed by atoms with Crippen LogP contribution in [0.15, 0.2) is 51.3 Å². The van der Waals surface area contributed by atoms with Gasteiger partial charge in [0.2, 0.25) is 0 Å². The van der Waals surface area contributed by atoms with Crippen LogP contribution >= 0.6 is 11.8 Å². The Morgan fingerprint density at radius 2 is 1.71 bits per heavy atom. The lowest BCUT2D eigenvalue weighted by molar-refractivity contribution is 0.0992. The molecule has 0 radical (unpaired) electrons. The van der Waals surface area contributed by atoms with Crippen molar-refractivity contribution in [2.24, 2.45) is 21.1 Å². The van der Waals surface area contributed by atoms with Crippen LogP contribution in [-0.4, -0.2) is 29.7 Å². The maximum absolute atomic E-state index is 12.9. The fraction of sp³-hybridized carbons (Fsp3) is 0.263. The molecule has 1 unspecified atom stereocenters. The standard InChI is InChI=1S/C19H21N5O3S/c1-11(15(25)14-16(20)23(3)19(27)24(4)17(14)26)28-18-21-10-13(22(18)2)12-8-6-5-7-9-12/h5-11H,20H2,1-4H3. The molecule has 0 amide bonds. The Balaban J connectivity index is 1.92. The molecular formula is C19H21N5O3S. The van der Waals surface area contributed by atoms with Gasteiger partial charge >= 0.3 is 5.69 Å². The largest absolute Gasteiger partial charge is 0.384 e. The van der Waals surface area contributed by atoms with E-state index < -0.39 is 22.3 Å². The lowest BCUT2D eigenvalue weighted by Gasteiger charge is -2.14. The molecule has 3 aromatic rings. The maximum atomic E-state index is 12.9. The van der Waals surface area contributed by atoms with Crippen LogP contribution in [0.25, 0.3) is 11.3 Å². The summed E-state index contributed by atoms with van der Waals surface area (Å²) in [4.78, 5) is 41.7. The summed E-state index contributed by atoms with van der Waals surface area (Å²) in [5, 5.41) is 0.0251. The van der Waals surface area contributed by atoms with Gasteiger partial charge in [-0.1, -0.05) is 42.1 Å². The summed E-state index contributed by atoms with van der Waals surface area (Å²) >= 11 is 1.23. The third-order valence-corrected chi connectivity index (χ3v) is 5.78. The summed E-state index contributed by atoms with van der Waals surface area (Å²) in [7, 11) is 4.62. The van der Waals surface area contributed by atoms with E-state index in [1.807, 2.05) is 41.9 Å². The highest BCUT2D eigenvalue weighted by molar-refractivity contribution is 8.00. The number of Topliss-reactive ketones (excluding diaryl/α,β-unsaturated/α-hetero) is 1. The van der Waals surface area contributed by atoms with Gasteiger partial charge < -0.3 is 10.3 Å². The molecule has 3 rings (SSSR count). The van der Waals surface area contributed by atoms with E-state index in [4.69, 9.17) is 5.73 Å². The monoisotopic (exact) mass is 399 g/mol. The van der Waals surface area contributed by atoms with E-state index in [0.717, 1.165) is 20.4 Å². The molecule has 0 bridgehead atoms. The molecule has 8 nitrogen and oxygen atoms in total. The highest BCUT2D eigenvalue weighted by Gasteiger charge is 2.26.